The maximum Gasteiger partial charge on any atom is 0.155 e. The number of carbonyl (C=O) groups excluding carboxylic acids is 2. The maximum absolute atomic E-state index is 11.8. The Morgan fingerprint density at radius 2 is 1.86 bits per heavy atom. The molecule has 3 saturated carbocycles. The minimum absolute atomic E-state index is 0.255. The van der Waals surface area contributed by atoms with Gasteiger partial charge < -0.3 is 4.79 Å². The van der Waals surface area contributed by atoms with Crippen LogP contribution in [-0.2, 0) is 9.59 Å². The molecule has 1 unspecified atom stereocenters. The first kappa shape index (κ1) is 14.7. The molecular formula is C20H28O2. The highest BCUT2D eigenvalue weighted by molar-refractivity contribution is 5.91. The zero-order valence-electron chi connectivity index (χ0n) is 13.9. The van der Waals surface area contributed by atoms with Gasteiger partial charge >= 0.3 is 0 Å². The van der Waals surface area contributed by atoms with Gasteiger partial charge in [-0.15, -0.1) is 0 Å². The number of carbonyl (C=O) groups is 2. The fourth-order valence-corrected chi connectivity index (χ4v) is 6.82. The number of hydrogen-bond acceptors (Lipinski definition) is 2. The van der Waals surface area contributed by atoms with Crippen molar-refractivity contribution < 1.29 is 9.59 Å². The Morgan fingerprint density at radius 1 is 1.05 bits per heavy atom. The molecule has 0 aromatic rings. The molecule has 6 atom stereocenters. The maximum atomic E-state index is 11.8. The van der Waals surface area contributed by atoms with E-state index in [2.05, 4.69) is 13.8 Å². The Bertz CT molecular complexity index is 548. The van der Waals surface area contributed by atoms with Gasteiger partial charge in [0.2, 0.25) is 0 Å². The quantitative estimate of drug-likeness (QED) is 0.675. The Morgan fingerprint density at radius 3 is 2.64 bits per heavy atom. The van der Waals surface area contributed by atoms with Gasteiger partial charge in [0, 0.05) is 12.3 Å². The van der Waals surface area contributed by atoms with Crippen LogP contribution in [0.15, 0.2) is 11.6 Å². The molecule has 0 radical (unpaired) electrons. The number of fused-ring (bicyclic) bond motifs is 5. The van der Waals surface area contributed by atoms with Crippen LogP contribution >= 0.6 is 0 Å². The predicted octanol–water partition coefficient (Wildman–Crippen LogP) is 4.33. The number of aldehydes is 1. The second kappa shape index (κ2) is 4.79. The van der Waals surface area contributed by atoms with Gasteiger partial charge in [-0.1, -0.05) is 19.4 Å². The number of ketones is 1. The van der Waals surface area contributed by atoms with Crippen molar-refractivity contribution in [3.63, 3.8) is 0 Å². The molecule has 120 valence electrons. The summed E-state index contributed by atoms with van der Waals surface area (Å²) in [6.45, 7) is 4.81. The van der Waals surface area contributed by atoms with Gasteiger partial charge in [-0.05, 0) is 79.6 Å². The summed E-state index contributed by atoms with van der Waals surface area (Å²) in [4.78, 5) is 23.3. The van der Waals surface area contributed by atoms with E-state index in [0.717, 1.165) is 43.4 Å². The molecule has 22 heavy (non-hydrogen) atoms. The average molecular weight is 300 g/mol. The predicted molar refractivity (Wildman–Crippen MR) is 86.3 cm³/mol. The van der Waals surface area contributed by atoms with E-state index < -0.39 is 0 Å². The first-order chi connectivity index (χ1) is 10.5. The zero-order chi connectivity index (χ0) is 15.5. The minimum Gasteiger partial charge on any atom is -0.303 e. The molecule has 4 aliphatic rings. The summed E-state index contributed by atoms with van der Waals surface area (Å²) in [6, 6.07) is 0. The molecular weight excluding hydrogens is 272 g/mol. The summed E-state index contributed by atoms with van der Waals surface area (Å²) in [5.41, 5.74) is 1.96. The minimum atomic E-state index is 0.255. The summed E-state index contributed by atoms with van der Waals surface area (Å²) in [6.07, 6.45) is 12.2. The third kappa shape index (κ3) is 1.79. The molecule has 2 nitrogen and oxygen atoms in total. The van der Waals surface area contributed by atoms with E-state index in [1.165, 1.54) is 37.5 Å². The van der Waals surface area contributed by atoms with Crippen molar-refractivity contribution in [3.8, 4) is 0 Å². The Balaban J connectivity index is 1.68. The van der Waals surface area contributed by atoms with Crippen LogP contribution in [0.2, 0.25) is 0 Å². The van der Waals surface area contributed by atoms with Crippen molar-refractivity contribution in [1.82, 2.24) is 0 Å². The largest absolute Gasteiger partial charge is 0.303 e. The standard InChI is InChI=1S/C20H28O2/c1-19-9-7-15(22)11-13(19)3-5-16-17-6-4-14(12-21)20(17,2)10-8-18(16)19/h11-12,14,16-18H,3-10H2,1-2H3/t14?,16-,17-,18-,19-,20+/m0/s1. The summed E-state index contributed by atoms with van der Waals surface area (Å²) in [5.74, 6) is 2.88. The van der Waals surface area contributed by atoms with E-state index in [0.29, 0.717) is 5.78 Å². The van der Waals surface area contributed by atoms with Crippen molar-refractivity contribution in [2.24, 2.45) is 34.5 Å². The first-order valence-electron chi connectivity index (χ1n) is 9.18. The molecule has 4 aliphatic carbocycles. The third-order valence-corrected chi connectivity index (χ3v) is 8.20. The fourth-order valence-electron chi connectivity index (χ4n) is 6.82. The molecule has 0 saturated heterocycles. The highest BCUT2D eigenvalue weighted by Crippen LogP contribution is 2.66. The van der Waals surface area contributed by atoms with E-state index in [9.17, 15) is 9.59 Å². The van der Waals surface area contributed by atoms with Crippen LogP contribution in [0.1, 0.15) is 65.2 Å². The molecule has 0 aliphatic heterocycles. The molecule has 2 heteroatoms. The van der Waals surface area contributed by atoms with E-state index in [1.807, 2.05) is 6.08 Å². The van der Waals surface area contributed by atoms with E-state index in [4.69, 9.17) is 0 Å². The van der Waals surface area contributed by atoms with E-state index in [1.54, 1.807) is 0 Å². The van der Waals surface area contributed by atoms with Crippen molar-refractivity contribution in [1.29, 1.82) is 0 Å². The lowest BCUT2D eigenvalue weighted by Crippen LogP contribution is -2.50. The fraction of sp³-hybridized carbons (Fsp3) is 0.800. The zero-order valence-corrected chi connectivity index (χ0v) is 13.9. The van der Waals surface area contributed by atoms with E-state index >= 15 is 0 Å². The van der Waals surface area contributed by atoms with Gasteiger partial charge in [0.1, 0.15) is 6.29 Å². The van der Waals surface area contributed by atoms with Gasteiger partial charge in [-0.2, -0.15) is 0 Å². The lowest BCUT2D eigenvalue weighted by Gasteiger charge is -2.57. The summed E-state index contributed by atoms with van der Waals surface area (Å²) < 4.78 is 0. The van der Waals surface area contributed by atoms with Crippen molar-refractivity contribution >= 4 is 12.1 Å². The van der Waals surface area contributed by atoms with Crippen molar-refractivity contribution in [2.45, 2.75) is 65.2 Å². The molecule has 0 aromatic carbocycles. The first-order valence-corrected chi connectivity index (χ1v) is 9.18. The Kier molecular flexibility index (Phi) is 3.19. The van der Waals surface area contributed by atoms with Crippen LogP contribution in [0.25, 0.3) is 0 Å². The van der Waals surface area contributed by atoms with Gasteiger partial charge in [0.15, 0.2) is 5.78 Å². The van der Waals surface area contributed by atoms with Gasteiger partial charge in [0.05, 0.1) is 0 Å². The summed E-state index contributed by atoms with van der Waals surface area (Å²) in [7, 11) is 0. The second-order valence-corrected chi connectivity index (χ2v) is 8.83. The van der Waals surface area contributed by atoms with Gasteiger partial charge in [-0.25, -0.2) is 0 Å². The summed E-state index contributed by atoms with van der Waals surface area (Å²) in [5, 5.41) is 0. The molecule has 0 N–H and O–H groups in total. The number of rotatable bonds is 1. The average Bonchev–Trinajstić information content (AvgIpc) is 2.84. The smallest absolute Gasteiger partial charge is 0.155 e. The highest BCUT2D eigenvalue weighted by atomic mass is 16.1. The Hall–Kier alpha value is -0.920. The van der Waals surface area contributed by atoms with Gasteiger partial charge in [-0.3, -0.25) is 4.79 Å². The van der Waals surface area contributed by atoms with Crippen LogP contribution in [0, 0.1) is 34.5 Å². The molecule has 3 fully saturated rings. The summed E-state index contributed by atoms with van der Waals surface area (Å²) >= 11 is 0. The van der Waals surface area contributed by atoms with Gasteiger partial charge in [0.25, 0.3) is 0 Å². The Labute approximate surface area is 133 Å². The lowest BCUT2D eigenvalue weighted by atomic mass is 9.47. The SMILES string of the molecule is C[C@]12CCC(=O)C=C1CC[C@@H]1[C@@H]2CC[C@]2(C)C(C=O)CC[C@@H]12. The highest BCUT2D eigenvalue weighted by Gasteiger charge is 2.58. The molecule has 0 bridgehead atoms. The molecule has 0 aromatic heterocycles. The van der Waals surface area contributed by atoms with Crippen LogP contribution in [0.3, 0.4) is 0 Å². The second-order valence-electron chi connectivity index (χ2n) is 8.83. The molecule has 4 rings (SSSR count). The molecule has 0 amide bonds. The van der Waals surface area contributed by atoms with Crippen molar-refractivity contribution in [2.75, 3.05) is 0 Å². The number of hydrogen-bond donors (Lipinski definition) is 0. The topological polar surface area (TPSA) is 34.1 Å². The van der Waals surface area contributed by atoms with Crippen LogP contribution < -0.4 is 0 Å². The third-order valence-electron chi connectivity index (χ3n) is 8.20. The normalized spacial score (nSPS) is 50.6. The lowest BCUT2D eigenvalue weighted by molar-refractivity contribution is -0.120. The van der Waals surface area contributed by atoms with Crippen LogP contribution in [0.4, 0.5) is 0 Å². The van der Waals surface area contributed by atoms with Crippen LogP contribution in [0.5, 0.6) is 0 Å². The number of allylic oxidation sites excluding steroid dienone is 1. The monoisotopic (exact) mass is 300 g/mol. The van der Waals surface area contributed by atoms with Crippen LogP contribution in [-0.4, -0.2) is 12.1 Å². The van der Waals surface area contributed by atoms with E-state index in [-0.39, 0.29) is 16.7 Å². The molecule has 0 heterocycles. The van der Waals surface area contributed by atoms with Crippen molar-refractivity contribution in [3.05, 3.63) is 11.6 Å². The molecule has 0 spiro atoms.